The molecule has 5 heteroatoms. The van der Waals surface area contributed by atoms with Crippen molar-refractivity contribution in [1.82, 2.24) is 9.80 Å². The van der Waals surface area contributed by atoms with Crippen molar-refractivity contribution in [2.75, 3.05) is 46.5 Å². The predicted octanol–water partition coefficient (Wildman–Crippen LogP) is 0.795. The Labute approximate surface area is 97.3 Å². The van der Waals surface area contributed by atoms with Crippen molar-refractivity contribution in [2.45, 2.75) is 20.0 Å². The fourth-order valence-electron chi connectivity index (χ4n) is 1.65. The molecule has 0 saturated carbocycles. The van der Waals surface area contributed by atoms with Crippen LogP contribution < -0.4 is 0 Å². The number of carbonyl (C=O) groups is 1. The van der Waals surface area contributed by atoms with E-state index in [1.165, 1.54) is 0 Å². The quantitative estimate of drug-likeness (QED) is 0.649. The molecule has 0 atom stereocenters. The van der Waals surface area contributed by atoms with E-state index >= 15 is 0 Å². The van der Waals surface area contributed by atoms with Crippen molar-refractivity contribution in [3.05, 3.63) is 0 Å². The summed E-state index contributed by atoms with van der Waals surface area (Å²) in [6.45, 7) is 8.15. The molecule has 0 aromatic rings. The van der Waals surface area contributed by atoms with Gasteiger partial charge in [0.15, 0.2) is 0 Å². The van der Waals surface area contributed by atoms with Gasteiger partial charge >= 0.3 is 6.03 Å². The summed E-state index contributed by atoms with van der Waals surface area (Å²) < 4.78 is 10.4. The average Bonchev–Trinajstić information content (AvgIpc) is 2.57. The van der Waals surface area contributed by atoms with Crippen molar-refractivity contribution < 1.29 is 14.3 Å². The number of hydrogen-bond acceptors (Lipinski definition) is 3. The Kier molecular flexibility index (Phi) is 5.55. The summed E-state index contributed by atoms with van der Waals surface area (Å²) in [4.78, 5) is 15.5. The zero-order chi connectivity index (χ0) is 12.0. The molecular weight excluding hydrogens is 208 g/mol. The molecule has 0 spiro atoms. The van der Waals surface area contributed by atoms with Gasteiger partial charge in [0.2, 0.25) is 0 Å². The zero-order valence-corrected chi connectivity index (χ0v) is 10.4. The van der Waals surface area contributed by atoms with Crippen molar-refractivity contribution in [3.8, 4) is 0 Å². The van der Waals surface area contributed by atoms with Crippen LogP contribution >= 0.6 is 0 Å². The van der Waals surface area contributed by atoms with E-state index in [0.717, 1.165) is 13.1 Å². The Hall–Kier alpha value is -0.810. The largest absolute Gasteiger partial charge is 0.383 e. The predicted molar refractivity (Wildman–Crippen MR) is 61.5 cm³/mol. The van der Waals surface area contributed by atoms with Gasteiger partial charge in [-0.3, -0.25) is 0 Å². The number of nitrogens with zero attached hydrogens (tertiary/aromatic N) is 2. The van der Waals surface area contributed by atoms with Crippen LogP contribution in [0.5, 0.6) is 0 Å². The molecule has 1 saturated heterocycles. The topological polar surface area (TPSA) is 42.0 Å². The van der Waals surface area contributed by atoms with Gasteiger partial charge in [-0.25, -0.2) is 4.79 Å². The third-order valence-electron chi connectivity index (χ3n) is 2.56. The number of carbonyl (C=O) groups excluding carboxylic acids is 1. The Morgan fingerprint density at radius 2 is 1.75 bits per heavy atom. The third-order valence-corrected chi connectivity index (χ3v) is 2.56. The minimum atomic E-state index is 0.101. The van der Waals surface area contributed by atoms with E-state index in [2.05, 4.69) is 0 Å². The molecule has 1 heterocycles. The summed E-state index contributed by atoms with van der Waals surface area (Å²) >= 11 is 0. The fraction of sp³-hybridized carbons (Fsp3) is 0.909. The number of hydrogen-bond donors (Lipinski definition) is 0. The first-order valence-electron chi connectivity index (χ1n) is 5.79. The Bertz CT molecular complexity index is 221. The maximum atomic E-state index is 11.8. The van der Waals surface area contributed by atoms with Gasteiger partial charge in [-0.2, -0.15) is 0 Å². The molecule has 16 heavy (non-hydrogen) atoms. The fourth-order valence-corrected chi connectivity index (χ4v) is 1.65. The van der Waals surface area contributed by atoms with E-state index in [0.29, 0.717) is 26.3 Å². The zero-order valence-electron chi connectivity index (χ0n) is 10.4. The van der Waals surface area contributed by atoms with Gasteiger partial charge < -0.3 is 19.3 Å². The Balaban J connectivity index is 2.22. The highest BCUT2D eigenvalue weighted by atomic mass is 16.5. The first-order chi connectivity index (χ1) is 7.65. The molecule has 1 aliphatic rings. The monoisotopic (exact) mass is 230 g/mol. The van der Waals surface area contributed by atoms with E-state index in [1.807, 2.05) is 23.6 Å². The second kappa shape index (κ2) is 6.70. The molecule has 0 aromatic carbocycles. The summed E-state index contributed by atoms with van der Waals surface area (Å²) in [5, 5.41) is 0. The minimum absolute atomic E-state index is 0.101. The molecule has 1 rings (SSSR count). The summed E-state index contributed by atoms with van der Waals surface area (Å²) in [5.41, 5.74) is 0. The minimum Gasteiger partial charge on any atom is -0.383 e. The smallest absolute Gasteiger partial charge is 0.320 e. The standard InChI is InChI=1S/C11H22N2O3/c1-10(2)16-9-7-13-5-4-12(11(13)14)6-8-15-3/h10H,4-9H2,1-3H3. The summed E-state index contributed by atoms with van der Waals surface area (Å²) in [7, 11) is 1.65. The molecule has 0 radical (unpaired) electrons. The molecule has 94 valence electrons. The lowest BCUT2D eigenvalue weighted by molar-refractivity contribution is 0.0668. The maximum absolute atomic E-state index is 11.8. The van der Waals surface area contributed by atoms with Crippen LogP contribution in [0.25, 0.3) is 0 Å². The molecule has 1 aliphatic heterocycles. The normalized spacial score (nSPS) is 16.6. The van der Waals surface area contributed by atoms with E-state index < -0.39 is 0 Å². The number of ether oxygens (including phenoxy) is 2. The molecule has 1 fully saturated rings. The van der Waals surface area contributed by atoms with Crippen LogP contribution in [0.15, 0.2) is 0 Å². The van der Waals surface area contributed by atoms with Crippen LogP contribution in [0.3, 0.4) is 0 Å². The molecule has 0 N–H and O–H groups in total. The molecule has 0 unspecified atom stereocenters. The lowest BCUT2D eigenvalue weighted by Gasteiger charge is -2.18. The van der Waals surface area contributed by atoms with Gasteiger partial charge in [0.05, 0.1) is 19.3 Å². The van der Waals surface area contributed by atoms with E-state index in [9.17, 15) is 4.79 Å². The van der Waals surface area contributed by atoms with Gasteiger partial charge in [0.25, 0.3) is 0 Å². The van der Waals surface area contributed by atoms with Crippen molar-refractivity contribution in [3.63, 3.8) is 0 Å². The van der Waals surface area contributed by atoms with Crippen molar-refractivity contribution >= 4 is 6.03 Å². The van der Waals surface area contributed by atoms with Gasteiger partial charge in [0.1, 0.15) is 0 Å². The second-order valence-electron chi connectivity index (χ2n) is 4.17. The Morgan fingerprint density at radius 3 is 2.25 bits per heavy atom. The number of amides is 2. The first kappa shape index (κ1) is 13.3. The molecule has 0 aromatic heterocycles. The van der Waals surface area contributed by atoms with Crippen LogP contribution in [-0.4, -0.2) is 68.4 Å². The van der Waals surface area contributed by atoms with Gasteiger partial charge in [-0.05, 0) is 13.8 Å². The van der Waals surface area contributed by atoms with Crippen LogP contribution in [-0.2, 0) is 9.47 Å². The van der Waals surface area contributed by atoms with E-state index in [4.69, 9.17) is 9.47 Å². The lowest BCUT2D eigenvalue weighted by Crippen LogP contribution is -2.35. The Morgan fingerprint density at radius 1 is 1.19 bits per heavy atom. The number of urea groups is 1. The summed E-state index contributed by atoms with van der Waals surface area (Å²) in [6.07, 6.45) is 0.224. The van der Waals surface area contributed by atoms with Crippen molar-refractivity contribution in [2.24, 2.45) is 0 Å². The number of rotatable bonds is 7. The number of methoxy groups -OCH3 is 1. The molecule has 5 nitrogen and oxygen atoms in total. The van der Waals surface area contributed by atoms with Gasteiger partial charge in [0, 0.05) is 33.3 Å². The van der Waals surface area contributed by atoms with E-state index in [-0.39, 0.29) is 12.1 Å². The summed E-state index contributed by atoms with van der Waals surface area (Å²) in [5.74, 6) is 0. The molecule has 0 bridgehead atoms. The van der Waals surface area contributed by atoms with Crippen molar-refractivity contribution in [1.29, 1.82) is 0 Å². The third kappa shape index (κ3) is 3.98. The van der Waals surface area contributed by atoms with Crippen LogP contribution in [0.4, 0.5) is 4.79 Å². The van der Waals surface area contributed by atoms with Crippen LogP contribution in [0.1, 0.15) is 13.8 Å². The van der Waals surface area contributed by atoms with E-state index in [1.54, 1.807) is 7.11 Å². The SMILES string of the molecule is COCCN1CCN(CCOC(C)C)C1=O. The average molecular weight is 230 g/mol. The lowest BCUT2D eigenvalue weighted by atomic mass is 10.5. The maximum Gasteiger partial charge on any atom is 0.320 e. The molecule has 0 aliphatic carbocycles. The van der Waals surface area contributed by atoms with Crippen LogP contribution in [0, 0.1) is 0 Å². The van der Waals surface area contributed by atoms with Gasteiger partial charge in [-0.1, -0.05) is 0 Å². The molecular formula is C11H22N2O3. The second-order valence-corrected chi connectivity index (χ2v) is 4.17. The van der Waals surface area contributed by atoms with Gasteiger partial charge in [-0.15, -0.1) is 0 Å². The molecule has 2 amide bonds. The highest BCUT2D eigenvalue weighted by Gasteiger charge is 2.27. The summed E-state index contributed by atoms with van der Waals surface area (Å²) in [6, 6.07) is 0.101. The van der Waals surface area contributed by atoms with Crippen LogP contribution in [0.2, 0.25) is 0 Å². The highest BCUT2D eigenvalue weighted by Crippen LogP contribution is 2.07. The highest BCUT2D eigenvalue weighted by molar-refractivity contribution is 5.76. The first-order valence-corrected chi connectivity index (χ1v) is 5.79.